The third-order valence-electron chi connectivity index (χ3n) is 5.20. The van der Waals surface area contributed by atoms with Gasteiger partial charge in [0.25, 0.3) is 0 Å². The predicted molar refractivity (Wildman–Crippen MR) is 81.3 cm³/mol. The van der Waals surface area contributed by atoms with E-state index >= 15 is 0 Å². The second-order valence-corrected chi connectivity index (χ2v) is 6.61. The minimum atomic E-state index is 0.251. The van der Waals surface area contributed by atoms with E-state index in [4.69, 9.17) is 0 Å². The summed E-state index contributed by atoms with van der Waals surface area (Å²) < 4.78 is 0. The van der Waals surface area contributed by atoms with Crippen LogP contribution in [-0.2, 0) is 0 Å². The number of hydrogen-bond donors (Lipinski definition) is 0. The van der Waals surface area contributed by atoms with Crippen LogP contribution in [-0.4, -0.2) is 24.0 Å². The van der Waals surface area contributed by atoms with Crippen LogP contribution in [0.3, 0.4) is 0 Å². The van der Waals surface area contributed by atoms with Gasteiger partial charge in [0.1, 0.15) is 0 Å². The SMILES string of the molecule is CC1CCC(C#N)C(N2CCC(c3ccccc3)C2)C1. The van der Waals surface area contributed by atoms with E-state index in [0.29, 0.717) is 12.0 Å². The Morgan fingerprint density at radius 3 is 2.70 bits per heavy atom. The molecule has 2 nitrogen and oxygen atoms in total. The third-order valence-corrected chi connectivity index (χ3v) is 5.20. The summed E-state index contributed by atoms with van der Waals surface area (Å²) in [5.74, 6) is 1.69. The molecule has 0 spiro atoms. The molecule has 0 amide bonds. The van der Waals surface area contributed by atoms with Crippen molar-refractivity contribution in [3.63, 3.8) is 0 Å². The van der Waals surface area contributed by atoms with Crippen LogP contribution in [0, 0.1) is 23.2 Å². The van der Waals surface area contributed by atoms with Gasteiger partial charge in [-0.3, -0.25) is 4.90 Å². The molecule has 0 N–H and O–H groups in total. The fourth-order valence-electron chi connectivity index (χ4n) is 3.99. The minimum absolute atomic E-state index is 0.251. The number of benzene rings is 1. The van der Waals surface area contributed by atoms with Crippen molar-refractivity contribution in [3.05, 3.63) is 35.9 Å². The Morgan fingerprint density at radius 2 is 1.95 bits per heavy atom. The van der Waals surface area contributed by atoms with E-state index in [-0.39, 0.29) is 5.92 Å². The van der Waals surface area contributed by atoms with Crippen LogP contribution in [0.15, 0.2) is 30.3 Å². The van der Waals surface area contributed by atoms with E-state index in [1.54, 1.807) is 0 Å². The van der Waals surface area contributed by atoms with Gasteiger partial charge in [0.2, 0.25) is 0 Å². The topological polar surface area (TPSA) is 27.0 Å². The van der Waals surface area contributed by atoms with Gasteiger partial charge in [-0.15, -0.1) is 0 Å². The summed E-state index contributed by atoms with van der Waals surface area (Å²) in [6.07, 6.45) is 4.77. The van der Waals surface area contributed by atoms with E-state index in [1.807, 2.05) is 0 Å². The first-order valence-corrected chi connectivity index (χ1v) is 7.96. The maximum Gasteiger partial charge on any atom is 0.0672 e. The highest BCUT2D eigenvalue weighted by Crippen LogP contribution is 2.36. The van der Waals surface area contributed by atoms with Gasteiger partial charge in [0.05, 0.1) is 12.0 Å². The monoisotopic (exact) mass is 268 g/mol. The van der Waals surface area contributed by atoms with Gasteiger partial charge in [-0.25, -0.2) is 0 Å². The molecule has 1 aromatic carbocycles. The fourth-order valence-corrected chi connectivity index (χ4v) is 3.99. The summed E-state index contributed by atoms with van der Waals surface area (Å²) >= 11 is 0. The quantitative estimate of drug-likeness (QED) is 0.815. The van der Waals surface area contributed by atoms with Gasteiger partial charge in [-0.05, 0) is 49.6 Å². The molecule has 1 saturated heterocycles. The van der Waals surface area contributed by atoms with Crippen LogP contribution in [0.1, 0.15) is 44.1 Å². The average Bonchev–Trinajstić information content (AvgIpc) is 2.98. The predicted octanol–water partition coefficient (Wildman–Crippen LogP) is 3.80. The summed E-state index contributed by atoms with van der Waals surface area (Å²) in [6, 6.07) is 13.9. The zero-order chi connectivity index (χ0) is 13.9. The van der Waals surface area contributed by atoms with E-state index in [9.17, 15) is 5.26 Å². The molecule has 1 aromatic rings. The maximum absolute atomic E-state index is 9.41. The average molecular weight is 268 g/mol. The molecule has 0 radical (unpaired) electrons. The highest BCUT2D eigenvalue weighted by atomic mass is 15.2. The van der Waals surface area contributed by atoms with Gasteiger partial charge >= 0.3 is 0 Å². The Bertz CT molecular complexity index is 476. The van der Waals surface area contributed by atoms with E-state index in [1.165, 1.54) is 24.8 Å². The second kappa shape index (κ2) is 5.97. The highest BCUT2D eigenvalue weighted by Gasteiger charge is 2.36. The van der Waals surface area contributed by atoms with Crippen molar-refractivity contribution in [1.82, 2.24) is 4.90 Å². The lowest BCUT2D eigenvalue weighted by Gasteiger charge is -2.37. The van der Waals surface area contributed by atoms with Crippen molar-refractivity contribution >= 4 is 0 Å². The highest BCUT2D eigenvalue weighted by molar-refractivity contribution is 5.21. The number of nitriles is 1. The van der Waals surface area contributed by atoms with Crippen molar-refractivity contribution in [2.45, 2.75) is 44.6 Å². The molecule has 20 heavy (non-hydrogen) atoms. The first-order chi connectivity index (χ1) is 9.78. The lowest BCUT2D eigenvalue weighted by Crippen LogP contribution is -2.42. The molecule has 1 aliphatic carbocycles. The molecule has 0 aromatic heterocycles. The van der Waals surface area contributed by atoms with E-state index < -0.39 is 0 Å². The minimum Gasteiger partial charge on any atom is -0.298 e. The molecule has 106 valence electrons. The summed E-state index contributed by atoms with van der Waals surface area (Å²) in [5, 5.41) is 9.41. The number of nitrogens with zero attached hydrogens (tertiary/aromatic N) is 2. The maximum atomic E-state index is 9.41. The van der Waals surface area contributed by atoms with E-state index in [0.717, 1.165) is 25.4 Å². The van der Waals surface area contributed by atoms with E-state index in [2.05, 4.69) is 48.2 Å². The normalized spacial score (nSPS) is 34.8. The van der Waals surface area contributed by atoms with Crippen LogP contribution >= 0.6 is 0 Å². The molecule has 1 heterocycles. The third kappa shape index (κ3) is 2.74. The van der Waals surface area contributed by atoms with Crippen molar-refractivity contribution in [1.29, 1.82) is 5.26 Å². The molecule has 2 heteroatoms. The van der Waals surface area contributed by atoms with Crippen LogP contribution in [0.25, 0.3) is 0 Å². The Kier molecular flexibility index (Phi) is 4.08. The fraction of sp³-hybridized carbons (Fsp3) is 0.611. The lowest BCUT2D eigenvalue weighted by atomic mass is 9.79. The summed E-state index contributed by atoms with van der Waals surface area (Å²) in [4.78, 5) is 2.60. The van der Waals surface area contributed by atoms with Crippen molar-refractivity contribution in [3.8, 4) is 6.07 Å². The zero-order valence-electron chi connectivity index (χ0n) is 12.3. The first kappa shape index (κ1) is 13.6. The lowest BCUT2D eigenvalue weighted by molar-refractivity contribution is 0.128. The van der Waals surface area contributed by atoms with Gasteiger partial charge in [-0.1, -0.05) is 37.3 Å². The zero-order valence-corrected chi connectivity index (χ0v) is 12.3. The summed E-state index contributed by atoms with van der Waals surface area (Å²) in [5.41, 5.74) is 1.47. The molecular weight excluding hydrogens is 244 g/mol. The van der Waals surface area contributed by atoms with Crippen molar-refractivity contribution in [2.75, 3.05) is 13.1 Å². The molecule has 3 rings (SSSR count). The Balaban J connectivity index is 1.68. The molecule has 1 aliphatic heterocycles. The second-order valence-electron chi connectivity index (χ2n) is 6.61. The molecule has 4 unspecified atom stereocenters. The molecule has 2 aliphatic rings. The standard InChI is InChI=1S/C18H24N2/c1-14-7-8-16(12-19)18(11-14)20-10-9-17(13-20)15-5-3-2-4-6-15/h2-6,14,16-18H,7-11,13H2,1H3. The van der Waals surface area contributed by atoms with Gasteiger partial charge in [-0.2, -0.15) is 5.26 Å². The van der Waals surface area contributed by atoms with Crippen LogP contribution in [0.2, 0.25) is 0 Å². The van der Waals surface area contributed by atoms with Crippen LogP contribution in [0.4, 0.5) is 0 Å². The molecule has 4 atom stereocenters. The number of hydrogen-bond acceptors (Lipinski definition) is 2. The Labute approximate surface area is 122 Å². The molecular formula is C18H24N2. The van der Waals surface area contributed by atoms with Gasteiger partial charge in [0.15, 0.2) is 0 Å². The van der Waals surface area contributed by atoms with Crippen LogP contribution < -0.4 is 0 Å². The largest absolute Gasteiger partial charge is 0.298 e. The molecule has 0 bridgehead atoms. The van der Waals surface area contributed by atoms with Crippen molar-refractivity contribution in [2.24, 2.45) is 11.8 Å². The van der Waals surface area contributed by atoms with Crippen LogP contribution in [0.5, 0.6) is 0 Å². The number of rotatable bonds is 2. The Morgan fingerprint density at radius 1 is 1.15 bits per heavy atom. The summed E-state index contributed by atoms with van der Waals surface area (Å²) in [7, 11) is 0. The first-order valence-electron chi connectivity index (χ1n) is 7.96. The smallest absolute Gasteiger partial charge is 0.0672 e. The number of likely N-dealkylation sites (tertiary alicyclic amines) is 1. The molecule has 2 fully saturated rings. The summed E-state index contributed by atoms with van der Waals surface area (Å²) in [6.45, 7) is 4.64. The van der Waals surface area contributed by atoms with Gasteiger partial charge < -0.3 is 0 Å². The Hall–Kier alpha value is -1.33. The van der Waals surface area contributed by atoms with Crippen molar-refractivity contribution < 1.29 is 0 Å². The molecule has 1 saturated carbocycles. The van der Waals surface area contributed by atoms with Gasteiger partial charge in [0, 0.05) is 12.6 Å².